The molecule has 18 heavy (non-hydrogen) atoms. The molecule has 2 heterocycles. The summed E-state index contributed by atoms with van der Waals surface area (Å²) >= 11 is 0. The topological polar surface area (TPSA) is 59.3 Å². The van der Waals surface area contributed by atoms with E-state index >= 15 is 0 Å². The van der Waals surface area contributed by atoms with Crippen LogP contribution in [-0.2, 0) is 0 Å². The van der Waals surface area contributed by atoms with Gasteiger partial charge in [0.2, 0.25) is 0 Å². The van der Waals surface area contributed by atoms with Gasteiger partial charge in [0.05, 0.1) is 5.69 Å². The Morgan fingerprint density at radius 2 is 2.28 bits per heavy atom. The number of nitrogens with zero attached hydrogens (tertiary/aromatic N) is 3. The molecule has 1 aliphatic rings. The van der Waals surface area contributed by atoms with E-state index in [4.69, 9.17) is 0 Å². The zero-order valence-electron chi connectivity index (χ0n) is 10.9. The van der Waals surface area contributed by atoms with Crippen molar-refractivity contribution >= 4 is 11.5 Å². The van der Waals surface area contributed by atoms with Crippen LogP contribution in [0.2, 0.25) is 0 Å². The lowest BCUT2D eigenvalue weighted by Crippen LogP contribution is -2.37. The fourth-order valence-corrected chi connectivity index (χ4v) is 2.46. The Kier molecular flexibility index (Phi) is 3.79. The molecule has 0 aliphatic carbocycles. The summed E-state index contributed by atoms with van der Waals surface area (Å²) in [6, 6.07) is 3.28. The first-order valence-corrected chi connectivity index (χ1v) is 6.43. The van der Waals surface area contributed by atoms with Crippen LogP contribution >= 0.6 is 0 Å². The van der Waals surface area contributed by atoms with Crippen molar-refractivity contribution < 1.29 is 4.92 Å². The van der Waals surface area contributed by atoms with E-state index in [1.165, 1.54) is 18.9 Å². The van der Waals surface area contributed by atoms with Crippen LogP contribution in [-0.4, -0.2) is 23.0 Å². The maximum atomic E-state index is 10.6. The maximum Gasteiger partial charge on any atom is 0.363 e. The molecule has 1 saturated heterocycles. The van der Waals surface area contributed by atoms with Crippen LogP contribution in [0.25, 0.3) is 0 Å². The molecule has 0 radical (unpaired) electrons. The molecule has 5 heteroatoms. The van der Waals surface area contributed by atoms with Crippen LogP contribution in [0.4, 0.5) is 11.5 Å². The van der Waals surface area contributed by atoms with E-state index in [1.54, 1.807) is 12.3 Å². The van der Waals surface area contributed by atoms with Gasteiger partial charge in [0.15, 0.2) is 6.20 Å². The number of hydrogen-bond acceptors (Lipinski definition) is 4. The molecule has 0 aromatic carbocycles. The predicted molar refractivity (Wildman–Crippen MR) is 70.7 cm³/mol. The standard InChI is InChI=1S/C13H19N3O2/c1-10(2)11-4-3-7-15(9-11)12-5-6-13(14-8-12)16(17)18/h5-6,8,10-11H,3-4,7,9H2,1-2H3. The third kappa shape index (κ3) is 2.78. The van der Waals surface area contributed by atoms with Crippen LogP contribution in [0.15, 0.2) is 18.3 Å². The van der Waals surface area contributed by atoms with Gasteiger partial charge >= 0.3 is 5.82 Å². The van der Waals surface area contributed by atoms with E-state index in [1.807, 2.05) is 0 Å². The first kappa shape index (κ1) is 12.8. The zero-order chi connectivity index (χ0) is 13.1. The Labute approximate surface area is 107 Å². The minimum Gasteiger partial charge on any atom is -0.368 e. The van der Waals surface area contributed by atoms with Crippen LogP contribution in [0.5, 0.6) is 0 Å². The van der Waals surface area contributed by atoms with Crippen molar-refractivity contribution in [2.75, 3.05) is 18.0 Å². The predicted octanol–water partition coefficient (Wildman–Crippen LogP) is 2.86. The minimum atomic E-state index is -0.461. The number of anilines is 1. The van der Waals surface area contributed by atoms with Gasteiger partial charge in [0, 0.05) is 19.2 Å². The molecular weight excluding hydrogens is 230 g/mol. The lowest BCUT2D eigenvalue weighted by Gasteiger charge is -2.35. The van der Waals surface area contributed by atoms with Gasteiger partial charge in [-0.05, 0) is 40.7 Å². The Hall–Kier alpha value is -1.65. The molecule has 0 amide bonds. The largest absolute Gasteiger partial charge is 0.368 e. The first-order chi connectivity index (χ1) is 8.58. The number of aromatic nitrogens is 1. The minimum absolute atomic E-state index is 0.0869. The maximum absolute atomic E-state index is 10.6. The number of pyridine rings is 1. The monoisotopic (exact) mass is 249 g/mol. The average molecular weight is 249 g/mol. The molecule has 1 atom stereocenters. The second-order valence-electron chi connectivity index (χ2n) is 5.22. The van der Waals surface area contributed by atoms with E-state index < -0.39 is 4.92 Å². The summed E-state index contributed by atoms with van der Waals surface area (Å²) in [4.78, 5) is 16.3. The second kappa shape index (κ2) is 5.33. The van der Waals surface area contributed by atoms with Gasteiger partial charge in [0.1, 0.15) is 0 Å². The van der Waals surface area contributed by atoms with Crippen LogP contribution < -0.4 is 4.90 Å². The van der Waals surface area contributed by atoms with Crippen LogP contribution in [0, 0.1) is 22.0 Å². The van der Waals surface area contributed by atoms with Gasteiger partial charge in [-0.25, -0.2) is 0 Å². The SMILES string of the molecule is CC(C)C1CCCN(c2ccc([N+](=O)[O-])nc2)C1. The van der Waals surface area contributed by atoms with Crippen molar-refractivity contribution in [2.45, 2.75) is 26.7 Å². The van der Waals surface area contributed by atoms with Crippen LogP contribution in [0.1, 0.15) is 26.7 Å². The van der Waals surface area contributed by atoms with E-state index in [-0.39, 0.29) is 5.82 Å². The zero-order valence-corrected chi connectivity index (χ0v) is 10.9. The normalized spacial score (nSPS) is 20.2. The molecule has 0 spiro atoms. The van der Waals surface area contributed by atoms with Crippen molar-refractivity contribution in [2.24, 2.45) is 11.8 Å². The number of rotatable bonds is 3. The molecule has 2 rings (SSSR count). The Morgan fingerprint density at radius 1 is 1.50 bits per heavy atom. The molecule has 0 bridgehead atoms. The molecule has 1 aliphatic heterocycles. The van der Waals surface area contributed by atoms with Gasteiger partial charge in [-0.15, -0.1) is 0 Å². The average Bonchev–Trinajstić information content (AvgIpc) is 2.39. The highest BCUT2D eigenvalue weighted by Gasteiger charge is 2.23. The lowest BCUT2D eigenvalue weighted by atomic mass is 9.88. The van der Waals surface area contributed by atoms with Gasteiger partial charge in [0.25, 0.3) is 0 Å². The van der Waals surface area contributed by atoms with Gasteiger partial charge in [-0.3, -0.25) is 0 Å². The third-order valence-electron chi connectivity index (χ3n) is 3.69. The molecule has 1 aromatic rings. The summed E-state index contributed by atoms with van der Waals surface area (Å²) in [6.45, 7) is 6.55. The van der Waals surface area contributed by atoms with E-state index in [2.05, 4.69) is 23.7 Å². The quantitative estimate of drug-likeness (QED) is 0.610. The Balaban J connectivity index is 2.09. The number of hydrogen-bond donors (Lipinski definition) is 0. The molecule has 1 fully saturated rings. The fraction of sp³-hybridized carbons (Fsp3) is 0.615. The van der Waals surface area contributed by atoms with Gasteiger partial charge < -0.3 is 15.0 Å². The Morgan fingerprint density at radius 3 is 2.83 bits per heavy atom. The summed E-state index contributed by atoms with van der Waals surface area (Å²) < 4.78 is 0. The number of piperidine rings is 1. The van der Waals surface area contributed by atoms with Crippen molar-refractivity contribution in [3.63, 3.8) is 0 Å². The summed E-state index contributed by atoms with van der Waals surface area (Å²) in [5, 5.41) is 10.6. The summed E-state index contributed by atoms with van der Waals surface area (Å²) in [5.74, 6) is 1.30. The highest BCUT2D eigenvalue weighted by molar-refractivity contribution is 5.46. The molecule has 0 N–H and O–H groups in total. The second-order valence-corrected chi connectivity index (χ2v) is 5.22. The number of nitro groups is 1. The fourth-order valence-electron chi connectivity index (χ4n) is 2.46. The summed E-state index contributed by atoms with van der Waals surface area (Å²) in [6.07, 6.45) is 4.06. The highest BCUT2D eigenvalue weighted by Crippen LogP contribution is 2.27. The van der Waals surface area contributed by atoms with Crippen molar-refractivity contribution in [3.05, 3.63) is 28.4 Å². The third-order valence-corrected chi connectivity index (χ3v) is 3.69. The molecule has 1 unspecified atom stereocenters. The highest BCUT2D eigenvalue weighted by atomic mass is 16.6. The summed E-state index contributed by atoms with van der Waals surface area (Å²) in [5.41, 5.74) is 0.992. The molecule has 0 saturated carbocycles. The lowest BCUT2D eigenvalue weighted by molar-refractivity contribution is -0.389. The Bertz CT molecular complexity index is 417. The van der Waals surface area contributed by atoms with E-state index in [0.717, 1.165) is 18.8 Å². The molecule has 5 nitrogen and oxygen atoms in total. The molecule has 1 aromatic heterocycles. The smallest absolute Gasteiger partial charge is 0.363 e. The summed E-state index contributed by atoms with van der Waals surface area (Å²) in [7, 11) is 0. The van der Waals surface area contributed by atoms with Crippen molar-refractivity contribution in [1.29, 1.82) is 0 Å². The molecular formula is C13H19N3O2. The van der Waals surface area contributed by atoms with Gasteiger partial charge in [-0.1, -0.05) is 13.8 Å². The van der Waals surface area contributed by atoms with Gasteiger partial charge in [-0.2, -0.15) is 0 Å². The van der Waals surface area contributed by atoms with Crippen LogP contribution in [0.3, 0.4) is 0 Å². The molecule has 98 valence electrons. The van der Waals surface area contributed by atoms with Crippen molar-refractivity contribution in [1.82, 2.24) is 4.98 Å². The van der Waals surface area contributed by atoms with Crippen molar-refractivity contribution in [3.8, 4) is 0 Å². The first-order valence-electron chi connectivity index (χ1n) is 6.43. The van der Waals surface area contributed by atoms with E-state index in [9.17, 15) is 10.1 Å². The van der Waals surface area contributed by atoms with E-state index in [0.29, 0.717) is 11.8 Å².